The fourth-order valence-corrected chi connectivity index (χ4v) is 30.8. The van der Waals surface area contributed by atoms with Crippen LogP contribution >= 0.6 is 13.9 Å². The molecule has 240 valence electrons. The minimum atomic E-state index is -2.65. The summed E-state index contributed by atoms with van der Waals surface area (Å²) in [6, 6.07) is 66.9. The fourth-order valence-electron chi connectivity index (χ4n) is 9.97. The summed E-state index contributed by atoms with van der Waals surface area (Å²) in [5.74, 6) is 0. The standard InChI is InChI=1S/C44H44N2P2/c1-5-19-37(20-6-1)47(38-21-7-2-8-22-38)31-35-29-33-17-13-15-27-41(33)43(45-35)44-42-28-16-14-18-34(42)30-36(46-44)32-48(47,39-23-9-3-10-24-39)40-25-11-4-12-26-40/h1-28,35-36,43-48H,29-32H2/t35-,36-,43-,44-/m0/s1. The quantitative estimate of drug-likeness (QED) is 0.195. The predicted octanol–water partition coefficient (Wildman–Crippen LogP) is 7.23. The zero-order chi connectivity index (χ0) is 32.0. The van der Waals surface area contributed by atoms with Crippen LogP contribution in [0.2, 0.25) is 0 Å². The van der Waals surface area contributed by atoms with Crippen LogP contribution < -0.4 is 31.9 Å². The third kappa shape index (κ3) is 4.85. The number of nitrogens with one attached hydrogen (secondary N) is 2. The van der Waals surface area contributed by atoms with Gasteiger partial charge in [-0.15, -0.1) is 0 Å². The molecule has 3 heterocycles. The normalized spacial score (nSPS) is 25.0. The van der Waals surface area contributed by atoms with Crippen molar-refractivity contribution in [3.8, 4) is 0 Å². The van der Waals surface area contributed by atoms with Gasteiger partial charge in [-0.1, -0.05) is 0 Å². The number of hydrogen-bond donors (Lipinski definition) is 2. The summed E-state index contributed by atoms with van der Waals surface area (Å²) in [5.41, 5.74) is 5.93. The SMILES string of the molecule is c1ccc([PH]2(c3ccccc3)C[C@@H]3Cc4ccccc4[C@H](N3)[C@H]3N[C@@H](Cc4ccccc43)C[PH]2(c2ccccc2)c2ccccc2)cc1. The van der Waals surface area contributed by atoms with Crippen LogP contribution in [0.4, 0.5) is 0 Å². The van der Waals surface area contributed by atoms with Crippen molar-refractivity contribution >= 4 is 35.1 Å². The third-order valence-corrected chi connectivity index (χ3v) is 29.8. The van der Waals surface area contributed by atoms with Crippen LogP contribution in [0.15, 0.2) is 170 Å². The van der Waals surface area contributed by atoms with Gasteiger partial charge in [0.1, 0.15) is 0 Å². The molecule has 9 rings (SSSR count). The molecule has 0 aromatic heterocycles. The molecule has 1 fully saturated rings. The number of fused-ring (bicyclic) bond motifs is 9. The van der Waals surface area contributed by atoms with E-state index in [2.05, 4.69) is 180 Å². The molecule has 6 aromatic carbocycles. The topological polar surface area (TPSA) is 24.1 Å². The first kappa shape index (κ1) is 30.2. The van der Waals surface area contributed by atoms with Gasteiger partial charge >= 0.3 is 287 Å². The summed E-state index contributed by atoms with van der Waals surface area (Å²) in [6.07, 6.45) is 4.41. The van der Waals surface area contributed by atoms with Gasteiger partial charge in [0.05, 0.1) is 0 Å². The molecule has 0 spiro atoms. The van der Waals surface area contributed by atoms with E-state index in [0.717, 1.165) is 25.2 Å². The van der Waals surface area contributed by atoms with Gasteiger partial charge in [0.2, 0.25) is 0 Å². The molecule has 3 aliphatic rings. The Morgan fingerprint density at radius 1 is 0.354 bits per heavy atom. The summed E-state index contributed by atoms with van der Waals surface area (Å²) < 4.78 is 0. The van der Waals surface area contributed by atoms with Gasteiger partial charge < -0.3 is 0 Å². The Labute approximate surface area is 286 Å². The van der Waals surface area contributed by atoms with E-state index in [9.17, 15) is 0 Å². The number of benzene rings is 6. The summed E-state index contributed by atoms with van der Waals surface area (Å²) >= 11 is 0. The second kappa shape index (κ2) is 12.5. The molecule has 0 amide bonds. The van der Waals surface area contributed by atoms with E-state index >= 15 is 0 Å². The van der Waals surface area contributed by atoms with Gasteiger partial charge in [0, 0.05) is 0 Å². The molecule has 1 saturated heterocycles. The molecule has 4 heteroatoms. The van der Waals surface area contributed by atoms with Crippen LogP contribution in [0.3, 0.4) is 0 Å². The van der Waals surface area contributed by atoms with Crippen molar-refractivity contribution in [3.05, 3.63) is 192 Å². The van der Waals surface area contributed by atoms with Crippen molar-refractivity contribution in [3.63, 3.8) is 0 Å². The summed E-state index contributed by atoms with van der Waals surface area (Å²) in [7, 11) is 0. The molecule has 0 saturated carbocycles. The zero-order valence-corrected chi connectivity index (χ0v) is 29.3. The summed E-state index contributed by atoms with van der Waals surface area (Å²) in [6.45, 7) is -5.29. The monoisotopic (exact) mass is 662 g/mol. The molecule has 0 aliphatic carbocycles. The molecular formula is C44H44N2P2. The van der Waals surface area contributed by atoms with Crippen molar-refractivity contribution in [2.45, 2.75) is 37.0 Å². The van der Waals surface area contributed by atoms with Crippen LogP contribution in [0.1, 0.15) is 34.3 Å². The number of hydrogen-bond acceptors (Lipinski definition) is 2. The van der Waals surface area contributed by atoms with E-state index in [1.54, 1.807) is 21.2 Å². The van der Waals surface area contributed by atoms with Gasteiger partial charge in [0.15, 0.2) is 0 Å². The molecule has 4 atom stereocenters. The van der Waals surface area contributed by atoms with E-state index in [1.807, 2.05) is 0 Å². The van der Waals surface area contributed by atoms with Gasteiger partial charge in [0.25, 0.3) is 0 Å². The Morgan fingerprint density at radius 3 is 0.979 bits per heavy atom. The summed E-state index contributed by atoms with van der Waals surface area (Å²) in [5, 5.41) is 15.1. The molecular weight excluding hydrogens is 618 g/mol. The van der Waals surface area contributed by atoms with Crippen molar-refractivity contribution in [2.24, 2.45) is 0 Å². The van der Waals surface area contributed by atoms with Gasteiger partial charge in [-0.05, 0) is 0 Å². The Bertz CT molecular complexity index is 1790. The minimum absolute atomic E-state index is 0.213. The van der Waals surface area contributed by atoms with Crippen molar-refractivity contribution in [1.82, 2.24) is 10.6 Å². The molecule has 0 unspecified atom stereocenters. The second-order valence-electron chi connectivity index (χ2n) is 14.2. The van der Waals surface area contributed by atoms with E-state index in [-0.39, 0.29) is 12.1 Å². The van der Waals surface area contributed by atoms with Gasteiger partial charge in [-0.2, -0.15) is 0 Å². The van der Waals surface area contributed by atoms with Crippen LogP contribution in [0.25, 0.3) is 0 Å². The Hall–Kier alpha value is -3.90. The van der Waals surface area contributed by atoms with E-state index in [4.69, 9.17) is 0 Å². The average Bonchev–Trinajstić information content (AvgIpc) is 3.16. The molecule has 3 aliphatic heterocycles. The Morgan fingerprint density at radius 2 is 0.646 bits per heavy atom. The molecule has 6 aromatic rings. The fraction of sp³-hybridized carbons (Fsp3) is 0.182. The van der Waals surface area contributed by atoms with Crippen LogP contribution in [0, 0.1) is 0 Å². The first-order chi connectivity index (χ1) is 23.8. The van der Waals surface area contributed by atoms with Crippen molar-refractivity contribution in [2.75, 3.05) is 12.3 Å². The number of rotatable bonds is 4. The molecule has 2 N–H and O–H groups in total. The Kier molecular flexibility index (Phi) is 7.87. The van der Waals surface area contributed by atoms with Gasteiger partial charge in [-0.25, -0.2) is 0 Å². The maximum atomic E-state index is 4.41. The average molecular weight is 663 g/mol. The van der Waals surface area contributed by atoms with E-state index in [0.29, 0.717) is 12.1 Å². The van der Waals surface area contributed by atoms with Crippen LogP contribution in [0.5, 0.6) is 0 Å². The molecule has 4 bridgehead atoms. The predicted molar refractivity (Wildman–Crippen MR) is 210 cm³/mol. The first-order valence-electron chi connectivity index (χ1n) is 17.7. The maximum absolute atomic E-state index is 4.41. The van der Waals surface area contributed by atoms with Crippen molar-refractivity contribution < 1.29 is 0 Å². The molecule has 0 radical (unpaired) electrons. The van der Waals surface area contributed by atoms with Crippen LogP contribution in [-0.4, -0.2) is 24.4 Å². The zero-order valence-electron chi connectivity index (χ0n) is 27.3. The van der Waals surface area contributed by atoms with Gasteiger partial charge in [-0.3, -0.25) is 0 Å². The van der Waals surface area contributed by atoms with E-state index < -0.39 is 13.9 Å². The van der Waals surface area contributed by atoms with E-state index in [1.165, 1.54) is 22.3 Å². The Balaban J connectivity index is 1.41. The summed E-state index contributed by atoms with van der Waals surface area (Å²) in [4.78, 5) is 0. The first-order valence-corrected chi connectivity index (χ1v) is 23.1. The molecule has 2 nitrogen and oxygen atoms in total. The van der Waals surface area contributed by atoms with Crippen LogP contribution in [-0.2, 0) is 12.8 Å². The van der Waals surface area contributed by atoms with Crippen molar-refractivity contribution in [1.29, 1.82) is 0 Å². The third-order valence-electron chi connectivity index (χ3n) is 11.8. The second-order valence-corrected chi connectivity index (χ2v) is 26.0. The molecule has 48 heavy (non-hydrogen) atoms.